The molecule has 428 valence electrons. The predicted molar refractivity (Wildman–Crippen MR) is 283 cm³/mol. The fourth-order valence-electron chi connectivity index (χ4n) is 9.81. The Hall–Kier alpha value is -7.85. The van der Waals surface area contributed by atoms with Crippen molar-refractivity contribution in [3.63, 3.8) is 0 Å². The number of rotatable bonds is 20. The molecule has 0 amide bonds. The van der Waals surface area contributed by atoms with E-state index in [1.807, 2.05) is 6.92 Å². The molecule has 5 aromatic rings. The number of hydrogen-bond acceptors (Lipinski definition) is 20. The first kappa shape index (κ1) is 59.3. The number of carbonyl (C=O) groups is 7. The zero-order valence-corrected chi connectivity index (χ0v) is 45.4. The van der Waals surface area contributed by atoms with Crippen molar-refractivity contribution in [1.82, 2.24) is 0 Å². The zero-order valence-electron chi connectivity index (χ0n) is 45.4. The molecule has 15 unspecified atom stereocenters. The maximum atomic E-state index is 14.3. The average molecular weight is 1120 g/mol. The number of ether oxygens (including phenoxy) is 13. The Balaban J connectivity index is 1.16. The standard InChI is InChI=1S/C61H64O20/c1-7-43-46(76-54(64)38-24-14-9-15-25-38)35(3)47(77-55(65)39-26-16-10-17-27-39)60(73-43)70-34-45-49(71-36(4)62)51(52(72-37(5)63)59(69-6)75-45)81-61-53(80-58(68)42-32-22-13-23-33-42)50(79-57(67)41-30-20-12-21-31-41)48(44(8-2)74-61)78-56(66)40-28-18-11-19-29-40/h9-33,35,43-53,59-61H,7-8,34H2,1-6H3. The van der Waals surface area contributed by atoms with E-state index < -0.39 is 140 Å². The number of methoxy groups -OCH3 is 1. The van der Waals surface area contributed by atoms with E-state index in [0.29, 0.717) is 6.42 Å². The van der Waals surface area contributed by atoms with Crippen LogP contribution in [0.1, 0.15) is 99.3 Å². The van der Waals surface area contributed by atoms with Crippen molar-refractivity contribution in [3.05, 3.63) is 179 Å². The summed E-state index contributed by atoms with van der Waals surface area (Å²) in [5.74, 6) is -6.48. The van der Waals surface area contributed by atoms with Gasteiger partial charge in [0.15, 0.2) is 55.5 Å². The molecular weight excluding hydrogens is 1050 g/mol. The molecule has 3 aliphatic rings. The van der Waals surface area contributed by atoms with Gasteiger partial charge >= 0.3 is 41.8 Å². The van der Waals surface area contributed by atoms with Gasteiger partial charge in [-0.05, 0) is 73.5 Å². The smallest absolute Gasteiger partial charge is 0.338 e. The van der Waals surface area contributed by atoms with E-state index in [9.17, 15) is 33.6 Å². The lowest BCUT2D eigenvalue weighted by molar-refractivity contribution is -0.361. The van der Waals surface area contributed by atoms with E-state index in [1.54, 1.807) is 129 Å². The van der Waals surface area contributed by atoms with E-state index in [4.69, 9.17) is 61.6 Å². The molecule has 0 N–H and O–H groups in total. The number of carbonyl (C=O) groups excluding carboxylic acids is 7. The first-order valence-electron chi connectivity index (χ1n) is 26.6. The van der Waals surface area contributed by atoms with Gasteiger partial charge in [0.25, 0.3) is 0 Å². The number of esters is 7. The third-order valence-electron chi connectivity index (χ3n) is 13.8. The van der Waals surface area contributed by atoms with Gasteiger partial charge < -0.3 is 61.6 Å². The van der Waals surface area contributed by atoms with Crippen LogP contribution < -0.4 is 0 Å². The largest absolute Gasteiger partial charge is 0.457 e. The van der Waals surface area contributed by atoms with E-state index in [0.717, 1.165) is 13.8 Å². The molecule has 15 atom stereocenters. The summed E-state index contributed by atoms with van der Waals surface area (Å²) in [5, 5.41) is 0. The molecule has 5 aromatic carbocycles. The van der Waals surface area contributed by atoms with Crippen molar-refractivity contribution < 1.29 is 95.1 Å². The Kier molecular flexibility index (Phi) is 20.5. The maximum Gasteiger partial charge on any atom is 0.338 e. The Labute approximate surface area is 468 Å². The molecule has 0 saturated carbocycles. The van der Waals surface area contributed by atoms with Crippen LogP contribution in [0.15, 0.2) is 152 Å². The van der Waals surface area contributed by atoms with E-state index >= 15 is 0 Å². The molecule has 20 heteroatoms. The van der Waals surface area contributed by atoms with Crippen molar-refractivity contribution in [2.24, 2.45) is 5.92 Å². The first-order chi connectivity index (χ1) is 39.2. The predicted octanol–water partition coefficient (Wildman–Crippen LogP) is 7.66. The Morgan fingerprint density at radius 2 is 0.691 bits per heavy atom. The summed E-state index contributed by atoms with van der Waals surface area (Å²) in [6, 6.07) is 40.4. The molecule has 0 radical (unpaired) electrons. The van der Waals surface area contributed by atoms with E-state index in [1.165, 1.54) is 43.5 Å². The Bertz CT molecular complexity index is 2890. The molecule has 3 fully saturated rings. The van der Waals surface area contributed by atoms with Crippen LogP contribution >= 0.6 is 0 Å². The van der Waals surface area contributed by atoms with E-state index in [2.05, 4.69) is 0 Å². The van der Waals surface area contributed by atoms with Crippen molar-refractivity contribution in [1.29, 1.82) is 0 Å². The average Bonchev–Trinajstić information content (AvgIpc) is 3.57. The minimum Gasteiger partial charge on any atom is -0.457 e. The number of benzene rings is 5. The van der Waals surface area contributed by atoms with Crippen molar-refractivity contribution in [3.8, 4) is 0 Å². The molecule has 8 rings (SSSR count). The number of hydrogen-bond donors (Lipinski definition) is 0. The van der Waals surface area contributed by atoms with Gasteiger partial charge in [0.05, 0.1) is 40.5 Å². The fraction of sp³-hybridized carbons (Fsp3) is 0.393. The lowest BCUT2D eigenvalue weighted by Crippen LogP contribution is -2.67. The molecule has 3 saturated heterocycles. The highest BCUT2D eigenvalue weighted by Crippen LogP contribution is 2.39. The molecule has 0 aliphatic carbocycles. The second-order valence-corrected chi connectivity index (χ2v) is 19.3. The van der Waals surface area contributed by atoms with Gasteiger partial charge in [-0.15, -0.1) is 0 Å². The van der Waals surface area contributed by atoms with Gasteiger partial charge in [0, 0.05) is 26.9 Å². The van der Waals surface area contributed by atoms with Gasteiger partial charge in [-0.3, -0.25) is 9.59 Å². The van der Waals surface area contributed by atoms with E-state index in [-0.39, 0.29) is 34.2 Å². The first-order valence-corrected chi connectivity index (χ1v) is 26.6. The molecule has 0 spiro atoms. The lowest BCUT2D eigenvalue weighted by Gasteiger charge is -2.49. The highest BCUT2D eigenvalue weighted by molar-refractivity contribution is 5.92. The SMILES string of the molecule is CCC1OC(OCC2OC(OC)C(OC(C)=O)C(OC3OC(CC)C(OC(=O)c4ccccc4)C(OC(=O)c4ccccc4)C3OC(=O)c3ccccc3)C2OC(C)=O)C(OC(=O)c2ccccc2)C(C)C1OC(=O)c1ccccc1. The Morgan fingerprint density at radius 1 is 0.370 bits per heavy atom. The van der Waals surface area contributed by atoms with Gasteiger partial charge in [0.1, 0.15) is 24.4 Å². The van der Waals surface area contributed by atoms with Crippen molar-refractivity contribution in [2.45, 2.75) is 133 Å². The van der Waals surface area contributed by atoms with Crippen LogP contribution in [0.4, 0.5) is 0 Å². The van der Waals surface area contributed by atoms with Crippen LogP contribution in [0.25, 0.3) is 0 Å². The van der Waals surface area contributed by atoms with Crippen LogP contribution in [0.2, 0.25) is 0 Å². The van der Waals surface area contributed by atoms with Crippen LogP contribution in [-0.4, -0.2) is 142 Å². The monoisotopic (exact) mass is 1120 g/mol. The molecule has 3 heterocycles. The summed E-state index contributed by atoms with van der Waals surface area (Å²) < 4.78 is 81.5. The quantitative estimate of drug-likeness (QED) is 0.0537. The zero-order chi connectivity index (χ0) is 57.6. The second kappa shape index (κ2) is 28.0. The van der Waals surface area contributed by atoms with Crippen LogP contribution in [0, 0.1) is 5.92 Å². The van der Waals surface area contributed by atoms with Crippen molar-refractivity contribution >= 4 is 41.8 Å². The highest BCUT2D eigenvalue weighted by atomic mass is 16.8. The third-order valence-corrected chi connectivity index (χ3v) is 13.8. The summed E-state index contributed by atoms with van der Waals surface area (Å²) in [4.78, 5) is 96.2. The third kappa shape index (κ3) is 14.7. The topological polar surface area (TPSA) is 239 Å². The molecule has 20 nitrogen and oxygen atoms in total. The molecule has 0 bridgehead atoms. The Morgan fingerprint density at radius 3 is 1.10 bits per heavy atom. The summed E-state index contributed by atoms with van der Waals surface area (Å²) >= 11 is 0. The minimum atomic E-state index is -1.81. The van der Waals surface area contributed by atoms with Crippen LogP contribution in [-0.2, 0) is 71.2 Å². The van der Waals surface area contributed by atoms with Gasteiger partial charge in [-0.1, -0.05) is 112 Å². The summed E-state index contributed by atoms with van der Waals surface area (Å²) in [5.41, 5.74) is 0.813. The normalized spacial score (nSPS) is 28.0. The molecule has 3 aliphatic heterocycles. The highest BCUT2D eigenvalue weighted by Gasteiger charge is 2.58. The summed E-state index contributed by atoms with van der Waals surface area (Å²) in [7, 11) is 1.26. The molecule has 81 heavy (non-hydrogen) atoms. The summed E-state index contributed by atoms with van der Waals surface area (Å²) in [6.45, 7) is 6.96. The molecular formula is C61H64O20. The molecule has 0 aromatic heterocycles. The van der Waals surface area contributed by atoms with Crippen LogP contribution in [0.3, 0.4) is 0 Å². The van der Waals surface area contributed by atoms with Crippen molar-refractivity contribution in [2.75, 3.05) is 13.7 Å². The van der Waals surface area contributed by atoms with Gasteiger partial charge in [0.2, 0.25) is 0 Å². The fourth-order valence-corrected chi connectivity index (χ4v) is 9.81. The second-order valence-electron chi connectivity index (χ2n) is 19.3. The minimum absolute atomic E-state index is 0.0659. The summed E-state index contributed by atoms with van der Waals surface area (Å²) in [6.07, 6.45) is -19.7. The maximum absolute atomic E-state index is 14.3. The van der Waals surface area contributed by atoms with Gasteiger partial charge in [-0.2, -0.15) is 0 Å². The van der Waals surface area contributed by atoms with Crippen LogP contribution in [0.5, 0.6) is 0 Å². The lowest BCUT2D eigenvalue weighted by atomic mass is 9.89. The van der Waals surface area contributed by atoms with Gasteiger partial charge in [-0.25, -0.2) is 24.0 Å².